The molecule has 1 saturated heterocycles. The predicted molar refractivity (Wildman–Crippen MR) is 132 cm³/mol. The van der Waals surface area contributed by atoms with Crippen LogP contribution in [-0.2, 0) is 11.2 Å². The Labute approximate surface area is 198 Å². The fourth-order valence-corrected chi connectivity index (χ4v) is 5.39. The van der Waals surface area contributed by atoms with Gasteiger partial charge >= 0.3 is 0 Å². The Kier molecular flexibility index (Phi) is 7.62. The minimum absolute atomic E-state index is 0.0486. The number of nitrogens with zero attached hydrogens (tertiary/aromatic N) is 2. The summed E-state index contributed by atoms with van der Waals surface area (Å²) in [5.41, 5.74) is 2.01. The summed E-state index contributed by atoms with van der Waals surface area (Å²) in [6.07, 6.45) is 0.243. The average Bonchev–Trinajstić information content (AvgIpc) is 3.35. The van der Waals surface area contributed by atoms with Gasteiger partial charge in [-0.25, -0.2) is 4.39 Å². The minimum atomic E-state index is -0.293. The number of nitrogens with one attached hydrogen (secondary N) is 1. The Balaban J connectivity index is 1.40. The van der Waals surface area contributed by atoms with E-state index in [9.17, 15) is 9.18 Å². The molecular formula is C26H30FN3O2S. The molecule has 1 aliphatic heterocycles. The van der Waals surface area contributed by atoms with Crippen molar-refractivity contribution in [2.75, 3.05) is 38.2 Å². The van der Waals surface area contributed by atoms with Gasteiger partial charge in [0.1, 0.15) is 11.6 Å². The molecule has 4 rings (SSSR count). The number of hydrogen-bond acceptors (Lipinski definition) is 5. The summed E-state index contributed by atoms with van der Waals surface area (Å²) >= 11 is 1.72. The zero-order valence-electron chi connectivity index (χ0n) is 19.0. The van der Waals surface area contributed by atoms with E-state index in [1.807, 2.05) is 12.1 Å². The molecule has 174 valence electrons. The van der Waals surface area contributed by atoms with Crippen molar-refractivity contribution in [3.63, 3.8) is 0 Å². The number of thiophene rings is 1. The summed E-state index contributed by atoms with van der Waals surface area (Å²) in [6.45, 7) is 5.73. The number of piperazine rings is 1. The Morgan fingerprint density at radius 3 is 2.36 bits per heavy atom. The standard InChI is InChI=1S/C26H30FN3O2S/c1-19(28-25(31)18-20-5-7-21(27)8-6-20)26(24-4-3-17-33-24)30-15-13-29(14-16-30)22-9-11-23(32-2)12-10-22/h3-12,17,19,26H,13-16,18H2,1-2H3,(H,28,31)/t19-,26+/m0/s1. The number of anilines is 1. The van der Waals surface area contributed by atoms with Gasteiger partial charge < -0.3 is 15.0 Å². The normalized spacial score (nSPS) is 16.3. The maximum Gasteiger partial charge on any atom is 0.224 e. The highest BCUT2D eigenvalue weighted by Gasteiger charge is 2.31. The fourth-order valence-electron chi connectivity index (χ4n) is 4.43. The zero-order chi connectivity index (χ0) is 23.2. The maximum atomic E-state index is 13.2. The lowest BCUT2D eigenvalue weighted by molar-refractivity contribution is -0.121. The second kappa shape index (κ2) is 10.8. The molecule has 2 aromatic carbocycles. The first-order valence-corrected chi connectivity index (χ1v) is 12.1. The first-order chi connectivity index (χ1) is 16.0. The molecule has 0 aliphatic carbocycles. The number of methoxy groups -OCH3 is 1. The molecule has 33 heavy (non-hydrogen) atoms. The molecule has 1 aromatic heterocycles. The van der Waals surface area contributed by atoms with Gasteiger partial charge in [0.2, 0.25) is 5.91 Å². The monoisotopic (exact) mass is 467 g/mol. The third kappa shape index (κ3) is 5.92. The fraction of sp³-hybridized carbons (Fsp3) is 0.346. The van der Waals surface area contributed by atoms with E-state index in [1.54, 1.807) is 30.6 Å². The SMILES string of the molecule is COc1ccc(N2CCN([C@@H](c3cccs3)[C@H](C)NC(=O)Cc3ccc(F)cc3)CC2)cc1. The predicted octanol–water partition coefficient (Wildman–Crippen LogP) is 4.51. The molecule has 1 fully saturated rings. The van der Waals surface area contributed by atoms with E-state index < -0.39 is 0 Å². The molecule has 1 aliphatic rings. The highest BCUT2D eigenvalue weighted by molar-refractivity contribution is 7.10. The van der Waals surface area contributed by atoms with Crippen molar-refractivity contribution in [3.05, 3.63) is 82.3 Å². The highest BCUT2D eigenvalue weighted by atomic mass is 32.1. The van der Waals surface area contributed by atoms with Gasteiger partial charge in [-0.15, -0.1) is 11.3 Å². The van der Waals surface area contributed by atoms with Gasteiger partial charge in [0.25, 0.3) is 0 Å². The topological polar surface area (TPSA) is 44.8 Å². The van der Waals surface area contributed by atoms with Crippen LogP contribution in [0, 0.1) is 5.82 Å². The summed E-state index contributed by atoms with van der Waals surface area (Å²) in [6, 6.07) is 18.6. The first kappa shape index (κ1) is 23.3. The number of amides is 1. The molecule has 7 heteroatoms. The largest absolute Gasteiger partial charge is 0.497 e. The Morgan fingerprint density at radius 2 is 1.76 bits per heavy atom. The Morgan fingerprint density at radius 1 is 1.06 bits per heavy atom. The molecule has 3 aromatic rings. The van der Waals surface area contributed by atoms with Crippen molar-refractivity contribution in [2.24, 2.45) is 0 Å². The molecule has 1 N–H and O–H groups in total. The summed E-state index contributed by atoms with van der Waals surface area (Å²) in [5, 5.41) is 5.28. The van der Waals surface area contributed by atoms with Gasteiger partial charge in [-0.05, 0) is 60.3 Å². The quantitative estimate of drug-likeness (QED) is 0.530. The summed E-state index contributed by atoms with van der Waals surface area (Å²) in [4.78, 5) is 18.8. The summed E-state index contributed by atoms with van der Waals surface area (Å²) in [7, 11) is 1.68. The van der Waals surface area contributed by atoms with Crippen LogP contribution < -0.4 is 15.0 Å². The summed E-state index contributed by atoms with van der Waals surface area (Å²) < 4.78 is 18.4. The number of ether oxygens (including phenoxy) is 1. The highest BCUT2D eigenvalue weighted by Crippen LogP contribution is 2.30. The summed E-state index contributed by atoms with van der Waals surface area (Å²) in [5.74, 6) is 0.520. The third-order valence-electron chi connectivity index (χ3n) is 6.12. The van der Waals surface area contributed by atoms with E-state index in [-0.39, 0.29) is 30.2 Å². The van der Waals surface area contributed by atoms with Gasteiger partial charge in [0.15, 0.2) is 0 Å². The van der Waals surface area contributed by atoms with Crippen LogP contribution in [0.5, 0.6) is 5.75 Å². The van der Waals surface area contributed by atoms with Crippen molar-refractivity contribution in [1.29, 1.82) is 0 Å². The molecule has 2 heterocycles. The van der Waals surface area contributed by atoms with Crippen molar-refractivity contribution in [2.45, 2.75) is 25.4 Å². The molecule has 1 amide bonds. The molecule has 0 saturated carbocycles. The van der Waals surface area contributed by atoms with E-state index in [2.05, 4.69) is 51.7 Å². The van der Waals surface area contributed by atoms with Crippen LogP contribution in [0.2, 0.25) is 0 Å². The zero-order valence-corrected chi connectivity index (χ0v) is 19.9. The number of carbonyl (C=O) groups excluding carboxylic acids is 1. The van der Waals surface area contributed by atoms with Crippen LogP contribution in [0.15, 0.2) is 66.0 Å². The van der Waals surface area contributed by atoms with Gasteiger partial charge in [-0.3, -0.25) is 9.69 Å². The Hall–Kier alpha value is -2.90. The van der Waals surface area contributed by atoms with Crippen molar-refractivity contribution in [3.8, 4) is 5.75 Å². The number of rotatable bonds is 8. The van der Waals surface area contributed by atoms with E-state index in [0.717, 1.165) is 37.5 Å². The van der Waals surface area contributed by atoms with Gasteiger partial charge in [0.05, 0.1) is 19.6 Å². The number of benzene rings is 2. The lowest BCUT2D eigenvalue weighted by Gasteiger charge is -2.42. The number of hydrogen-bond donors (Lipinski definition) is 1. The van der Waals surface area contributed by atoms with E-state index >= 15 is 0 Å². The van der Waals surface area contributed by atoms with Gasteiger partial charge in [-0.2, -0.15) is 0 Å². The van der Waals surface area contributed by atoms with Crippen LogP contribution in [-0.4, -0.2) is 50.1 Å². The lowest BCUT2D eigenvalue weighted by Crippen LogP contribution is -2.52. The molecule has 0 radical (unpaired) electrons. The van der Waals surface area contributed by atoms with Crippen molar-refractivity contribution < 1.29 is 13.9 Å². The van der Waals surface area contributed by atoms with E-state index in [1.165, 1.54) is 22.7 Å². The van der Waals surface area contributed by atoms with Crippen LogP contribution in [0.3, 0.4) is 0 Å². The minimum Gasteiger partial charge on any atom is -0.497 e. The van der Waals surface area contributed by atoms with Crippen LogP contribution >= 0.6 is 11.3 Å². The van der Waals surface area contributed by atoms with Crippen molar-refractivity contribution >= 4 is 22.9 Å². The molecule has 0 spiro atoms. The molecule has 0 unspecified atom stereocenters. The second-order valence-corrected chi connectivity index (χ2v) is 9.32. The van der Waals surface area contributed by atoms with E-state index in [4.69, 9.17) is 4.74 Å². The van der Waals surface area contributed by atoms with Crippen LogP contribution in [0.4, 0.5) is 10.1 Å². The van der Waals surface area contributed by atoms with Crippen molar-refractivity contribution in [1.82, 2.24) is 10.2 Å². The number of halogens is 1. The third-order valence-corrected chi connectivity index (χ3v) is 7.06. The first-order valence-electron chi connectivity index (χ1n) is 11.2. The van der Waals surface area contributed by atoms with Crippen LogP contribution in [0.25, 0.3) is 0 Å². The molecule has 5 nitrogen and oxygen atoms in total. The average molecular weight is 468 g/mol. The Bertz CT molecular complexity index is 1020. The molecule has 2 atom stereocenters. The lowest BCUT2D eigenvalue weighted by atomic mass is 10.0. The molecular weight excluding hydrogens is 437 g/mol. The second-order valence-electron chi connectivity index (χ2n) is 8.34. The maximum absolute atomic E-state index is 13.2. The van der Waals surface area contributed by atoms with E-state index in [0.29, 0.717) is 0 Å². The van der Waals surface area contributed by atoms with Crippen LogP contribution in [0.1, 0.15) is 23.4 Å². The van der Waals surface area contributed by atoms with Gasteiger partial charge in [0, 0.05) is 42.8 Å². The van der Waals surface area contributed by atoms with Gasteiger partial charge in [-0.1, -0.05) is 18.2 Å². The molecule has 0 bridgehead atoms. The number of carbonyl (C=O) groups is 1. The smallest absolute Gasteiger partial charge is 0.224 e.